The lowest BCUT2D eigenvalue weighted by Crippen LogP contribution is -2.52. The van der Waals surface area contributed by atoms with Gasteiger partial charge >= 0.3 is 12.3 Å². The fraction of sp³-hybridized carbons (Fsp3) is 0.708. The van der Waals surface area contributed by atoms with Gasteiger partial charge in [0.2, 0.25) is 0 Å². The molecule has 2 atom stereocenters. The van der Waals surface area contributed by atoms with E-state index in [1.54, 1.807) is 11.0 Å². The number of β-amino-alcohol motifs (C(OH)–C–C–N with tert-alkyl or cyclic N) is 1. The number of aliphatic hydroxyl groups excluding tert-OH is 1. The van der Waals surface area contributed by atoms with E-state index in [4.69, 9.17) is 9.47 Å². The molecule has 3 rings (SSSR count). The predicted molar refractivity (Wildman–Crippen MR) is 124 cm³/mol. The summed E-state index contributed by atoms with van der Waals surface area (Å²) in [5, 5.41) is 10.1. The van der Waals surface area contributed by atoms with Crippen LogP contribution in [0.25, 0.3) is 0 Å². The molecule has 2 saturated heterocycles. The van der Waals surface area contributed by atoms with E-state index in [1.807, 2.05) is 4.90 Å². The molecule has 2 fully saturated rings. The fourth-order valence-electron chi connectivity index (χ4n) is 4.21. The van der Waals surface area contributed by atoms with Crippen LogP contribution in [0.4, 0.5) is 22.0 Å². The molecule has 13 heteroatoms. The number of hydrogen-bond donors (Lipinski definition) is 1. The number of aliphatic hydroxyl groups is 1. The van der Waals surface area contributed by atoms with Gasteiger partial charge in [-0.1, -0.05) is 12.1 Å². The number of nitrogens with zero attached hydrogens (tertiary/aromatic N) is 3. The molecule has 2 aliphatic rings. The van der Waals surface area contributed by atoms with Crippen molar-refractivity contribution >= 4 is 5.91 Å². The average Bonchev–Trinajstić information content (AvgIpc) is 2.87. The predicted octanol–water partition coefficient (Wildman–Crippen LogP) is 1.58. The van der Waals surface area contributed by atoms with Crippen LogP contribution in [0.15, 0.2) is 24.3 Å². The number of hydrogen-bond acceptors (Lipinski definition) is 7. The summed E-state index contributed by atoms with van der Waals surface area (Å²) in [4.78, 5) is 18.8. The highest BCUT2D eigenvalue weighted by atomic mass is 19.3. The molecule has 0 spiro atoms. The van der Waals surface area contributed by atoms with Crippen LogP contribution in [0.2, 0.25) is 0 Å². The third kappa shape index (κ3) is 9.41. The second kappa shape index (κ2) is 14.3. The number of ether oxygens (including phenoxy) is 3. The molecule has 8 nitrogen and oxygen atoms in total. The Hall–Kier alpha value is -1.90. The number of alkyl halides is 4. The van der Waals surface area contributed by atoms with Crippen LogP contribution < -0.4 is 0 Å². The Kier molecular flexibility index (Phi) is 11.5. The number of carbonyl (C=O) groups excluding carboxylic acids is 1. The SMILES string of the molecule is O=C(c1ccccc1F)N(CCN1CCOCC1)CC1CN(CC(O)COCC(F)(F)C(F)F)CCO1. The lowest BCUT2D eigenvalue weighted by molar-refractivity contribution is -0.171. The van der Waals surface area contributed by atoms with E-state index in [-0.39, 0.29) is 18.7 Å². The van der Waals surface area contributed by atoms with Crippen molar-refractivity contribution in [3.63, 3.8) is 0 Å². The van der Waals surface area contributed by atoms with Gasteiger partial charge < -0.3 is 24.2 Å². The number of benzene rings is 1. The van der Waals surface area contributed by atoms with Crippen molar-refractivity contribution in [1.29, 1.82) is 0 Å². The summed E-state index contributed by atoms with van der Waals surface area (Å²) in [6.07, 6.45) is -5.46. The molecule has 0 aliphatic carbocycles. The minimum absolute atomic E-state index is 0.0367. The van der Waals surface area contributed by atoms with Crippen molar-refractivity contribution in [2.75, 3.05) is 85.4 Å². The Morgan fingerprint density at radius 3 is 2.57 bits per heavy atom. The highest BCUT2D eigenvalue weighted by molar-refractivity contribution is 5.94. The lowest BCUT2D eigenvalue weighted by Gasteiger charge is -2.37. The molecule has 37 heavy (non-hydrogen) atoms. The third-order valence-electron chi connectivity index (χ3n) is 6.22. The van der Waals surface area contributed by atoms with Crippen molar-refractivity contribution in [3.8, 4) is 0 Å². The highest BCUT2D eigenvalue weighted by Crippen LogP contribution is 2.23. The van der Waals surface area contributed by atoms with Gasteiger partial charge in [-0.05, 0) is 12.1 Å². The molecule has 2 unspecified atom stereocenters. The van der Waals surface area contributed by atoms with Gasteiger partial charge in [0.05, 0.1) is 44.2 Å². The average molecular weight is 540 g/mol. The minimum atomic E-state index is -4.28. The summed E-state index contributed by atoms with van der Waals surface area (Å²) in [6, 6.07) is 5.76. The first kappa shape index (κ1) is 29.7. The number of rotatable bonds is 13. The molecular weight excluding hydrogens is 505 g/mol. The standard InChI is InChI=1S/C24H34F5N3O5/c25-21-4-2-1-3-20(21)22(34)32(6-5-30-7-10-35-11-8-30)15-19-14-31(9-12-37-19)13-18(33)16-36-17-24(28,29)23(26)27/h1-4,18-19,23,33H,5-17H2. The molecule has 2 heterocycles. The van der Waals surface area contributed by atoms with E-state index in [9.17, 15) is 31.9 Å². The van der Waals surface area contributed by atoms with Crippen molar-refractivity contribution in [1.82, 2.24) is 14.7 Å². The fourth-order valence-corrected chi connectivity index (χ4v) is 4.21. The topological polar surface area (TPSA) is 74.7 Å². The van der Waals surface area contributed by atoms with E-state index >= 15 is 0 Å². The number of morpholine rings is 2. The minimum Gasteiger partial charge on any atom is -0.389 e. The Morgan fingerprint density at radius 2 is 1.86 bits per heavy atom. The zero-order valence-corrected chi connectivity index (χ0v) is 20.5. The van der Waals surface area contributed by atoms with Gasteiger partial charge in [0.1, 0.15) is 12.4 Å². The van der Waals surface area contributed by atoms with E-state index < -0.39 is 49.5 Å². The molecule has 0 aromatic heterocycles. The maximum atomic E-state index is 14.4. The molecule has 0 saturated carbocycles. The van der Waals surface area contributed by atoms with Crippen LogP contribution >= 0.6 is 0 Å². The van der Waals surface area contributed by atoms with Crippen LogP contribution in [0.3, 0.4) is 0 Å². The van der Waals surface area contributed by atoms with Crippen LogP contribution in [0.5, 0.6) is 0 Å². The van der Waals surface area contributed by atoms with Gasteiger partial charge in [0.25, 0.3) is 5.91 Å². The van der Waals surface area contributed by atoms with Gasteiger partial charge in [0, 0.05) is 52.4 Å². The van der Waals surface area contributed by atoms with Crippen LogP contribution in [0, 0.1) is 5.82 Å². The normalized spacial score (nSPS) is 20.8. The van der Waals surface area contributed by atoms with Gasteiger partial charge in [-0.25, -0.2) is 13.2 Å². The van der Waals surface area contributed by atoms with E-state index in [2.05, 4.69) is 9.64 Å². The first-order valence-electron chi connectivity index (χ1n) is 12.3. The van der Waals surface area contributed by atoms with E-state index in [0.717, 1.165) is 13.1 Å². The zero-order chi connectivity index (χ0) is 26.8. The van der Waals surface area contributed by atoms with Gasteiger partial charge in [-0.2, -0.15) is 8.78 Å². The smallest absolute Gasteiger partial charge is 0.330 e. The maximum Gasteiger partial charge on any atom is 0.330 e. The molecular formula is C24H34F5N3O5. The third-order valence-corrected chi connectivity index (χ3v) is 6.22. The summed E-state index contributed by atoms with van der Waals surface area (Å²) in [7, 11) is 0. The van der Waals surface area contributed by atoms with Crippen molar-refractivity contribution in [3.05, 3.63) is 35.6 Å². The Balaban J connectivity index is 1.55. The van der Waals surface area contributed by atoms with Crippen molar-refractivity contribution in [2.45, 2.75) is 24.6 Å². The van der Waals surface area contributed by atoms with Crippen molar-refractivity contribution < 1.29 is 46.1 Å². The largest absolute Gasteiger partial charge is 0.389 e. The first-order valence-corrected chi connectivity index (χ1v) is 12.3. The monoisotopic (exact) mass is 539 g/mol. The molecule has 1 N–H and O–H groups in total. The van der Waals surface area contributed by atoms with E-state index in [1.165, 1.54) is 18.2 Å². The van der Waals surface area contributed by atoms with Gasteiger partial charge in [-0.15, -0.1) is 0 Å². The second-order valence-electron chi connectivity index (χ2n) is 9.17. The molecule has 210 valence electrons. The second-order valence-corrected chi connectivity index (χ2v) is 9.17. The first-order chi connectivity index (χ1) is 17.7. The molecule has 0 bridgehead atoms. The zero-order valence-electron chi connectivity index (χ0n) is 20.5. The lowest BCUT2D eigenvalue weighted by atomic mass is 10.1. The maximum absolute atomic E-state index is 14.4. The molecule has 1 aromatic carbocycles. The quantitative estimate of drug-likeness (QED) is 0.382. The van der Waals surface area contributed by atoms with Crippen LogP contribution in [-0.4, -0.2) is 136 Å². The number of halogens is 5. The highest BCUT2D eigenvalue weighted by Gasteiger charge is 2.41. The Bertz CT molecular complexity index is 847. The number of amides is 1. The summed E-state index contributed by atoms with van der Waals surface area (Å²) in [5.74, 6) is -5.35. The summed E-state index contributed by atoms with van der Waals surface area (Å²) in [5.41, 5.74) is -0.0367. The number of carbonyl (C=O) groups is 1. The van der Waals surface area contributed by atoms with Crippen LogP contribution in [-0.2, 0) is 14.2 Å². The van der Waals surface area contributed by atoms with Crippen LogP contribution in [0.1, 0.15) is 10.4 Å². The van der Waals surface area contributed by atoms with Gasteiger partial charge in [0.15, 0.2) is 0 Å². The molecule has 2 aliphatic heterocycles. The summed E-state index contributed by atoms with van der Waals surface area (Å²) in [6.45, 7) is 2.90. The molecule has 0 radical (unpaired) electrons. The van der Waals surface area contributed by atoms with Crippen molar-refractivity contribution in [2.24, 2.45) is 0 Å². The van der Waals surface area contributed by atoms with Gasteiger partial charge in [-0.3, -0.25) is 14.6 Å². The molecule has 1 amide bonds. The Labute approximate surface area is 212 Å². The summed E-state index contributed by atoms with van der Waals surface area (Å²) < 4.78 is 80.5. The van der Waals surface area contributed by atoms with E-state index in [0.29, 0.717) is 46.0 Å². The molecule has 1 aromatic rings. The Morgan fingerprint density at radius 1 is 1.16 bits per heavy atom. The summed E-state index contributed by atoms with van der Waals surface area (Å²) >= 11 is 0.